The minimum Gasteiger partial charge on any atom is -0.481 e. The molecule has 0 rings (SSSR count). The monoisotopic (exact) mass is 562 g/mol. The molecule has 17 nitrogen and oxygen atoms in total. The molecule has 0 aromatic carbocycles. The van der Waals surface area contributed by atoms with Crippen molar-refractivity contribution in [2.45, 2.75) is 62.7 Å². The van der Waals surface area contributed by atoms with E-state index in [4.69, 9.17) is 38.9 Å². The maximum atomic E-state index is 13.1. The zero-order valence-electron chi connectivity index (χ0n) is 20.8. The maximum Gasteiger partial charge on any atom is 0.327 e. The Bertz CT molecular complexity index is 878. The van der Waals surface area contributed by atoms with Crippen LogP contribution >= 0.6 is 12.6 Å². The van der Waals surface area contributed by atoms with E-state index in [2.05, 4.69) is 38.6 Å². The minimum absolute atomic E-state index is 0.0384. The van der Waals surface area contributed by atoms with E-state index in [0.29, 0.717) is 6.42 Å². The number of carboxylic acid groups (broad SMARTS) is 2. The standard InChI is InChI=1S/C20H38N10O7S/c21-10(3-1-7-26-19(22)23)15(33)28-11(4-2-8-27-20(24)25)16(34)29-12(5-6-14(31)32)17(35)30-13(9-38)18(36)37/h10-13,38H,1-9,21H2,(H,28,33)(H,29,34)(H,30,35)(H,31,32)(H,36,37)(H4,22,23,26)(H4,24,25,27). The molecule has 38 heavy (non-hydrogen) atoms. The molecule has 0 aromatic rings. The molecule has 216 valence electrons. The highest BCUT2D eigenvalue weighted by atomic mass is 32.1. The van der Waals surface area contributed by atoms with Gasteiger partial charge in [-0.05, 0) is 32.1 Å². The summed E-state index contributed by atoms with van der Waals surface area (Å²) in [5, 5.41) is 25.2. The molecular formula is C20H38N10O7S. The smallest absolute Gasteiger partial charge is 0.327 e. The Balaban J connectivity index is 5.55. The molecule has 3 amide bonds. The number of rotatable bonds is 19. The molecule has 0 fully saturated rings. The lowest BCUT2D eigenvalue weighted by atomic mass is 10.1. The molecule has 0 radical (unpaired) electrons. The molecule has 0 bridgehead atoms. The number of carbonyl (C=O) groups is 5. The number of nitrogens with one attached hydrogen (secondary N) is 3. The molecule has 0 saturated carbocycles. The van der Waals surface area contributed by atoms with Crippen LogP contribution in [0.25, 0.3) is 0 Å². The van der Waals surface area contributed by atoms with E-state index in [1.807, 2.05) is 0 Å². The number of amides is 3. The number of carboxylic acids is 2. The van der Waals surface area contributed by atoms with Crippen LogP contribution in [0.15, 0.2) is 9.98 Å². The van der Waals surface area contributed by atoms with Crippen molar-refractivity contribution in [3.8, 4) is 0 Å². The molecular weight excluding hydrogens is 524 g/mol. The molecule has 15 N–H and O–H groups in total. The summed E-state index contributed by atoms with van der Waals surface area (Å²) in [5.41, 5.74) is 27.0. The maximum absolute atomic E-state index is 13.1. The SMILES string of the molecule is NC(N)=NCCCC(N)C(=O)NC(CCCN=C(N)N)C(=O)NC(CCC(=O)O)C(=O)NC(CS)C(=O)O. The normalized spacial score (nSPS) is 13.6. The zero-order valence-corrected chi connectivity index (χ0v) is 21.7. The van der Waals surface area contributed by atoms with E-state index < -0.39 is 60.2 Å². The van der Waals surface area contributed by atoms with Crippen LogP contribution in [0.4, 0.5) is 0 Å². The summed E-state index contributed by atoms with van der Waals surface area (Å²) in [6.45, 7) is 0.382. The number of nitrogens with zero attached hydrogens (tertiary/aromatic N) is 2. The molecule has 0 aromatic heterocycles. The Labute approximate surface area is 224 Å². The molecule has 0 aliphatic rings. The van der Waals surface area contributed by atoms with Gasteiger partial charge in [0.2, 0.25) is 17.7 Å². The lowest BCUT2D eigenvalue weighted by molar-refractivity contribution is -0.142. The first kappa shape index (κ1) is 34.2. The highest BCUT2D eigenvalue weighted by Gasteiger charge is 2.30. The van der Waals surface area contributed by atoms with Gasteiger partial charge in [0.25, 0.3) is 0 Å². The van der Waals surface area contributed by atoms with Gasteiger partial charge in [-0.1, -0.05) is 0 Å². The fraction of sp³-hybridized carbons (Fsp3) is 0.650. The predicted octanol–water partition coefficient (Wildman–Crippen LogP) is -4.25. The number of nitrogens with two attached hydrogens (primary N) is 5. The minimum atomic E-state index is -1.41. The van der Waals surface area contributed by atoms with Crippen molar-refractivity contribution in [3.63, 3.8) is 0 Å². The number of hydrogen-bond acceptors (Lipinski definition) is 9. The topological polar surface area (TPSA) is 317 Å². The van der Waals surface area contributed by atoms with Crippen molar-refractivity contribution in [1.29, 1.82) is 0 Å². The third kappa shape index (κ3) is 15.3. The summed E-state index contributed by atoms with van der Waals surface area (Å²) in [4.78, 5) is 68.2. The van der Waals surface area contributed by atoms with E-state index in [1.165, 1.54) is 0 Å². The Morgan fingerprint density at radius 2 is 1.16 bits per heavy atom. The number of guanidine groups is 2. The number of aliphatic carboxylic acids is 2. The van der Waals surface area contributed by atoms with Crippen LogP contribution in [0.5, 0.6) is 0 Å². The molecule has 0 aliphatic heterocycles. The summed E-state index contributed by atoms with van der Waals surface area (Å²) < 4.78 is 0. The van der Waals surface area contributed by atoms with Crippen molar-refractivity contribution in [2.75, 3.05) is 18.8 Å². The van der Waals surface area contributed by atoms with E-state index in [9.17, 15) is 24.0 Å². The van der Waals surface area contributed by atoms with Gasteiger partial charge in [0.1, 0.15) is 18.1 Å². The van der Waals surface area contributed by atoms with Crippen LogP contribution in [0.3, 0.4) is 0 Å². The van der Waals surface area contributed by atoms with Gasteiger partial charge in [0, 0.05) is 25.3 Å². The number of carbonyl (C=O) groups excluding carboxylic acids is 3. The Kier molecular flexibility index (Phi) is 16.6. The first-order chi connectivity index (χ1) is 17.8. The predicted molar refractivity (Wildman–Crippen MR) is 142 cm³/mol. The highest BCUT2D eigenvalue weighted by Crippen LogP contribution is 2.06. The lowest BCUT2D eigenvalue weighted by Gasteiger charge is -2.25. The van der Waals surface area contributed by atoms with Crippen molar-refractivity contribution >= 4 is 54.2 Å². The molecule has 0 aliphatic carbocycles. The summed E-state index contributed by atoms with van der Waals surface area (Å²) in [6.07, 6.45) is 0.0412. The Hall–Kier alpha value is -3.80. The summed E-state index contributed by atoms with van der Waals surface area (Å²) in [7, 11) is 0. The van der Waals surface area contributed by atoms with Crippen molar-refractivity contribution < 1.29 is 34.2 Å². The van der Waals surface area contributed by atoms with Crippen LogP contribution in [-0.2, 0) is 24.0 Å². The second-order valence-corrected chi connectivity index (χ2v) is 8.51. The fourth-order valence-electron chi connectivity index (χ4n) is 2.97. The van der Waals surface area contributed by atoms with Gasteiger partial charge in [-0.25, -0.2) is 4.79 Å². The molecule has 18 heteroatoms. The average Bonchev–Trinajstić information content (AvgIpc) is 2.83. The third-order valence-corrected chi connectivity index (χ3v) is 5.32. The van der Waals surface area contributed by atoms with Crippen LogP contribution < -0.4 is 44.6 Å². The summed E-state index contributed by atoms with van der Waals surface area (Å²) >= 11 is 3.86. The molecule has 4 unspecified atom stereocenters. The van der Waals surface area contributed by atoms with Gasteiger partial charge in [0.05, 0.1) is 6.04 Å². The fourth-order valence-corrected chi connectivity index (χ4v) is 3.22. The first-order valence-electron chi connectivity index (χ1n) is 11.6. The molecule has 4 atom stereocenters. The second kappa shape index (κ2) is 18.4. The van der Waals surface area contributed by atoms with Gasteiger partial charge in [-0.15, -0.1) is 0 Å². The van der Waals surface area contributed by atoms with E-state index in [0.717, 1.165) is 0 Å². The molecule has 0 heterocycles. The van der Waals surface area contributed by atoms with Crippen molar-refractivity contribution in [1.82, 2.24) is 16.0 Å². The highest BCUT2D eigenvalue weighted by molar-refractivity contribution is 7.80. The van der Waals surface area contributed by atoms with Gasteiger partial charge in [0.15, 0.2) is 11.9 Å². The molecule has 0 saturated heterocycles. The largest absolute Gasteiger partial charge is 0.481 e. The van der Waals surface area contributed by atoms with Crippen LogP contribution in [0.1, 0.15) is 38.5 Å². The summed E-state index contributed by atoms with van der Waals surface area (Å²) in [5.74, 6) is -5.53. The van der Waals surface area contributed by atoms with E-state index in [-0.39, 0.29) is 56.4 Å². The van der Waals surface area contributed by atoms with Crippen LogP contribution in [-0.4, -0.2) is 94.8 Å². The van der Waals surface area contributed by atoms with E-state index >= 15 is 0 Å². The van der Waals surface area contributed by atoms with Crippen molar-refractivity contribution in [2.24, 2.45) is 38.7 Å². The second-order valence-electron chi connectivity index (χ2n) is 8.14. The first-order valence-corrected chi connectivity index (χ1v) is 12.2. The van der Waals surface area contributed by atoms with Crippen LogP contribution in [0.2, 0.25) is 0 Å². The average molecular weight is 563 g/mol. The summed E-state index contributed by atoms with van der Waals surface area (Å²) in [6, 6.07) is -4.98. The lowest BCUT2D eigenvalue weighted by Crippen LogP contribution is -2.57. The Morgan fingerprint density at radius 1 is 0.711 bits per heavy atom. The van der Waals surface area contributed by atoms with Crippen LogP contribution in [0, 0.1) is 0 Å². The van der Waals surface area contributed by atoms with E-state index in [1.54, 1.807) is 0 Å². The number of aliphatic imine (C=N–C) groups is 2. The quantitative estimate of drug-likeness (QED) is 0.0308. The molecule has 0 spiro atoms. The van der Waals surface area contributed by atoms with Crippen molar-refractivity contribution in [3.05, 3.63) is 0 Å². The number of thiol groups is 1. The number of hydrogen-bond donors (Lipinski definition) is 11. The third-order valence-electron chi connectivity index (χ3n) is 4.96. The van der Waals surface area contributed by atoms with Gasteiger partial charge in [-0.3, -0.25) is 29.2 Å². The zero-order chi connectivity index (χ0) is 29.3. The van der Waals surface area contributed by atoms with Gasteiger partial charge in [-0.2, -0.15) is 12.6 Å². The Morgan fingerprint density at radius 3 is 1.61 bits per heavy atom. The van der Waals surface area contributed by atoms with Gasteiger partial charge < -0.3 is 54.8 Å². The van der Waals surface area contributed by atoms with Gasteiger partial charge >= 0.3 is 11.9 Å².